The van der Waals surface area contributed by atoms with Gasteiger partial charge in [-0.15, -0.1) is 0 Å². The molecule has 4 rings (SSSR count). The molecule has 0 spiro atoms. The summed E-state index contributed by atoms with van der Waals surface area (Å²) in [6.07, 6.45) is 2.47. The van der Waals surface area contributed by atoms with Crippen molar-refractivity contribution in [3.8, 4) is 5.75 Å². The van der Waals surface area contributed by atoms with Gasteiger partial charge in [0, 0.05) is 18.5 Å². The molecule has 1 heterocycles. The highest BCUT2D eigenvalue weighted by molar-refractivity contribution is 5.76. The maximum absolute atomic E-state index is 14.6. The molecular formula is C23H26F2N4O3. The van der Waals surface area contributed by atoms with Gasteiger partial charge >= 0.3 is 6.03 Å². The normalized spacial score (nSPS) is 19.5. The molecular weight excluding hydrogens is 418 g/mol. The number of amides is 2. The molecule has 1 atom stereocenters. The quantitative estimate of drug-likeness (QED) is 0.466. The number of ether oxygens (including phenoxy) is 1. The Labute approximate surface area is 184 Å². The lowest BCUT2D eigenvalue weighted by Gasteiger charge is -2.27. The molecule has 1 saturated carbocycles. The summed E-state index contributed by atoms with van der Waals surface area (Å²) in [5.41, 5.74) is 1.41. The van der Waals surface area contributed by atoms with Crippen molar-refractivity contribution in [1.29, 1.82) is 0 Å². The molecule has 0 aliphatic heterocycles. The number of nitrogens with one attached hydrogen (secondary N) is 3. The van der Waals surface area contributed by atoms with Crippen molar-refractivity contribution in [3.05, 3.63) is 59.4 Å². The summed E-state index contributed by atoms with van der Waals surface area (Å²) in [6.45, 7) is 0. The van der Waals surface area contributed by atoms with Crippen molar-refractivity contribution >= 4 is 17.1 Å². The van der Waals surface area contributed by atoms with Crippen LogP contribution >= 0.6 is 0 Å². The summed E-state index contributed by atoms with van der Waals surface area (Å²) in [4.78, 5) is 20.2. The van der Waals surface area contributed by atoms with E-state index >= 15 is 0 Å². The van der Waals surface area contributed by atoms with Crippen LogP contribution in [0.25, 0.3) is 11.0 Å². The third kappa shape index (κ3) is 5.16. The van der Waals surface area contributed by atoms with E-state index in [1.165, 1.54) is 25.3 Å². The number of imidazole rings is 1. The van der Waals surface area contributed by atoms with Gasteiger partial charge in [-0.3, -0.25) is 0 Å². The number of benzene rings is 2. The van der Waals surface area contributed by atoms with E-state index in [0.717, 1.165) is 0 Å². The van der Waals surface area contributed by atoms with Gasteiger partial charge in [-0.1, -0.05) is 6.07 Å². The van der Waals surface area contributed by atoms with Crippen LogP contribution in [0.15, 0.2) is 36.4 Å². The van der Waals surface area contributed by atoms with Crippen LogP contribution in [0.5, 0.6) is 5.75 Å². The van der Waals surface area contributed by atoms with E-state index in [4.69, 9.17) is 4.74 Å². The van der Waals surface area contributed by atoms with E-state index < -0.39 is 23.7 Å². The number of urea groups is 1. The molecule has 1 fully saturated rings. The molecule has 1 aliphatic rings. The van der Waals surface area contributed by atoms with Gasteiger partial charge in [0.1, 0.15) is 23.2 Å². The Kier molecular flexibility index (Phi) is 6.55. The molecule has 4 N–H and O–H groups in total. The minimum absolute atomic E-state index is 0.0402. The number of aromatic nitrogens is 2. The van der Waals surface area contributed by atoms with E-state index in [9.17, 15) is 18.7 Å². The predicted molar refractivity (Wildman–Crippen MR) is 115 cm³/mol. The molecule has 0 bridgehead atoms. The van der Waals surface area contributed by atoms with Crippen LogP contribution in [0.3, 0.4) is 0 Å². The van der Waals surface area contributed by atoms with E-state index in [-0.39, 0.29) is 18.6 Å². The number of rotatable bonds is 6. The van der Waals surface area contributed by atoms with E-state index in [0.29, 0.717) is 53.9 Å². The van der Waals surface area contributed by atoms with Crippen LogP contribution in [0.2, 0.25) is 0 Å². The standard InChI is InChI=1S/C23H26F2N4O3/c1-32-17-8-2-13(18(25)12-17)10-21(22-27-19-9-3-14(24)11-20(19)28-22)29-23(31)26-15-4-6-16(30)7-5-15/h2-3,8-9,11-12,15-16,21,30H,4-7,10H2,1H3,(H,27,28)(H2,26,29,31)/t15-,16-,21?. The zero-order valence-corrected chi connectivity index (χ0v) is 17.7. The number of aliphatic hydroxyl groups excluding tert-OH is 1. The van der Waals surface area contributed by atoms with Gasteiger partial charge in [-0.2, -0.15) is 0 Å². The minimum atomic E-state index is -0.678. The molecule has 2 aromatic carbocycles. The molecule has 9 heteroatoms. The Morgan fingerprint density at radius 1 is 1.22 bits per heavy atom. The predicted octanol–water partition coefficient (Wildman–Crippen LogP) is 3.74. The first-order valence-corrected chi connectivity index (χ1v) is 10.6. The molecule has 1 unspecified atom stereocenters. The Morgan fingerprint density at radius 2 is 2.00 bits per heavy atom. The van der Waals surface area contributed by atoms with Crippen LogP contribution in [0, 0.1) is 11.6 Å². The van der Waals surface area contributed by atoms with E-state index in [1.807, 2.05) is 0 Å². The number of H-pyrrole nitrogens is 1. The Bertz CT molecular complexity index is 1100. The molecule has 1 aliphatic carbocycles. The molecule has 1 aromatic heterocycles. The molecule has 170 valence electrons. The zero-order valence-electron chi connectivity index (χ0n) is 17.7. The smallest absolute Gasteiger partial charge is 0.315 e. The Morgan fingerprint density at radius 3 is 2.72 bits per heavy atom. The summed E-state index contributed by atoms with van der Waals surface area (Å²) >= 11 is 0. The van der Waals surface area contributed by atoms with Crippen LogP contribution in [-0.2, 0) is 6.42 Å². The van der Waals surface area contributed by atoms with Gasteiger partial charge in [-0.25, -0.2) is 18.6 Å². The van der Waals surface area contributed by atoms with Gasteiger partial charge in [0.05, 0.1) is 30.3 Å². The fourth-order valence-corrected chi connectivity index (χ4v) is 4.03. The topological polar surface area (TPSA) is 99.3 Å². The number of fused-ring (bicyclic) bond motifs is 1. The van der Waals surface area contributed by atoms with Crippen LogP contribution < -0.4 is 15.4 Å². The number of carbonyl (C=O) groups excluding carboxylic acids is 1. The third-order valence-electron chi connectivity index (χ3n) is 5.81. The van der Waals surface area contributed by atoms with Crippen LogP contribution in [0.4, 0.5) is 13.6 Å². The first-order valence-electron chi connectivity index (χ1n) is 10.6. The number of methoxy groups -OCH3 is 1. The second-order valence-corrected chi connectivity index (χ2v) is 8.12. The maximum atomic E-state index is 14.6. The summed E-state index contributed by atoms with van der Waals surface area (Å²) in [7, 11) is 1.46. The Balaban J connectivity index is 1.56. The molecule has 0 radical (unpaired) electrons. The van der Waals surface area contributed by atoms with Gasteiger partial charge in [0.15, 0.2) is 0 Å². The highest BCUT2D eigenvalue weighted by Gasteiger charge is 2.24. The fraction of sp³-hybridized carbons (Fsp3) is 0.391. The van der Waals surface area contributed by atoms with Gasteiger partial charge < -0.3 is 25.5 Å². The highest BCUT2D eigenvalue weighted by Crippen LogP contribution is 2.24. The number of aliphatic hydroxyl groups is 1. The molecule has 0 saturated heterocycles. The number of carbonyl (C=O) groups is 1. The lowest BCUT2D eigenvalue weighted by molar-refractivity contribution is 0.117. The average molecular weight is 444 g/mol. The van der Waals surface area contributed by atoms with Gasteiger partial charge in [0.25, 0.3) is 0 Å². The first-order chi connectivity index (χ1) is 15.4. The second-order valence-electron chi connectivity index (χ2n) is 8.12. The first kappa shape index (κ1) is 22.0. The maximum Gasteiger partial charge on any atom is 0.315 e. The SMILES string of the molecule is COc1ccc(CC(NC(=O)N[C@H]2CC[C@H](O)CC2)c2nc3ccc(F)cc3[nH]2)c(F)c1. The zero-order chi connectivity index (χ0) is 22.7. The monoisotopic (exact) mass is 444 g/mol. The molecule has 7 nitrogen and oxygen atoms in total. The van der Waals surface area contributed by atoms with Gasteiger partial charge in [-0.05, 0) is 55.5 Å². The lowest BCUT2D eigenvalue weighted by atomic mass is 9.93. The largest absolute Gasteiger partial charge is 0.497 e. The highest BCUT2D eigenvalue weighted by atomic mass is 19.1. The molecule has 2 amide bonds. The lowest BCUT2D eigenvalue weighted by Crippen LogP contribution is -2.45. The summed E-state index contributed by atoms with van der Waals surface area (Å²) in [5.74, 6) is -0.0714. The minimum Gasteiger partial charge on any atom is -0.497 e. The number of aromatic amines is 1. The van der Waals surface area contributed by atoms with E-state index in [2.05, 4.69) is 20.6 Å². The number of hydrogen-bond donors (Lipinski definition) is 4. The van der Waals surface area contributed by atoms with Crippen molar-refractivity contribution in [3.63, 3.8) is 0 Å². The van der Waals surface area contributed by atoms with Crippen LogP contribution in [-0.4, -0.2) is 40.4 Å². The molecule has 32 heavy (non-hydrogen) atoms. The average Bonchev–Trinajstić information content (AvgIpc) is 3.19. The van der Waals surface area contributed by atoms with Crippen molar-refractivity contribution in [1.82, 2.24) is 20.6 Å². The van der Waals surface area contributed by atoms with Crippen LogP contribution in [0.1, 0.15) is 43.1 Å². The number of nitrogens with zero attached hydrogens (tertiary/aromatic N) is 1. The second kappa shape index (κ2) is 9.52. The van der Waals surface area contributed by atoms with Gasteiger partial charge in [0.2, 0.25) is 0 Å². The Hall–Kier alpha value is -3.20. The molecule has 3 aromatic rings. The number of halogens is 2. The van der Waals surface area contributed by atoms with E-state index in [1.54, 1.807) is 18.2 Å². The summed E-state index contributed by atoms with van der Waals surface area (Å²) in [6, 6.07) is 7.59. The van der Waals surface area contributed by atoms with Crippen molar-refractivity contribution < 1.29 is 23.4 Å². The third-order valence-corrected chi connectivity index (χ3v) is 5.81. The summed E-state index contributed by atoms with van der Waals surface area (Å²) in [5, 5.41) is 15.5. The number of hydrogen-bond acceptors (Lipinski definition) is 4. The summed E-state index contributed by atoms with van der Waals surface area (Å²) < 4.78 is 33.3. The van der Waals surface area contributed by atoms with Crippen molar-refractivity contribution in [2.45, 2.75) is 50.3 Å². The van der Waals surface area contributed by atoms with Crippen molar-refractivity contribution in [2.24, 2.45) is 0 Å². The van der Waals surface area contributed by atoms with Crippen molar-refractivity contribution in [2.75, 3.05) is 7.11 Å². The fourth-order valence-electron chi connectivity index (χ4n) is 4.03.